The molecule has 0 saturated carbocycles. The standard InChI is InChI=1S/C17H16FN5O2/c1-11(2)19-17(25)23-9-7-14(20-23)16-15(24)8-10-22(21-16)13-5-3-12(18)4-6-13/h3-11H,1-2H3,(H,19,25). The number of aromatic nitrogens is 4. The monoisotopic (exact) mass is 341 g/mol. The maximum atomic E-state index is 13.0. The first-order chi connectivity index (χ1) is 11.9. The van der Waals surface area contributed by atoms with Crippen LogP contribution in [0.2, 0.25) is 0 Å². The molecule has 0 bridgehead atoms. The van der Waals surface area contributed by atoms with Gasteiger partial charge in [-0.3, -0.25) is 4.79 Å². The highest BCUT2D eigenvalue weighted by atomic mass is 19.1. The highest BCUT2D eigenvalue weighted by molar-refractivity contribution is 5.76. The molecule has 0 saturated heterocycles. The van der Waals surface area contributed by atoms with Crippen molar-refractivity contribution in [1.29, 1.82) is 0 Å². The van der Waals surface area contributed by atoms with Gasteiger partial charge >= 0.3 is 6.03 Å². The third-order valence-electron chi connectivity index (χ3n) is 3.35. The van der Waals surface area contributed by atoms with E-state index in [1.807, 2.05) is 13.8 Å². The minimum absolute atomic E-state index is 0.0364. The Labute approximate surface area is 142 Å². The lowest BCUT2D eigenvalue weighted by atomic mass is 10.3. The molecule has 0 aliphatic rings. The molecule has 0 aliphatic carbocycles. The van der Waals surface area contributed by atoms with Gasteiger partial charge in [0.05, 0.1) is 5.69 Å². The first kappa shape index (κ1) is 16.6. The van der Waals surface area contributed by atoms with Gasteiger partial charge in [0.1, 0.15) is 11.5 Å². The fourth-order valence-corrected chi connectivity index (χ4v) is 2.20. The van der Waals surface area contributed by atoms with Crippen LogP contribution in [-0.4, -0.2) is 31.6 Å². The highest BCUT2D eigenvalue weighted by Crippen LogP contribution is 2.12. The van der Waals surface area contributed by atoms with Crippen molar-refractivity contribution in [3.05, 3.63) is 64.8 Å². The molecule has 1 N–H and O–H groups in total. The average molecular weight is 341 g/mol. The third-order valence-corrected chi connectivity index (χ3v) is 3.35. The molecule has 128 valence electrons. The number of halogens is 1. The minimum Gasteiger partial charge on any atom is -0.334 e. The molecular weight excluding hydrogens is 325 g/mol. The predicted molar refractivity (Wildman–Crippen MR) is 90.1 cm³/mol. The Balaban J connectivity index is 1.96. The Kier molecular flexibility index (Phi) is 4.42. The van der Waals surface area contributed by atoms with Crippen LogP contribution in [0.15, 0.2) is 53.6 Å². The van der Waals surface area contributed by atoms with E-state index in [2.05, 4.69) is 15.5 Å². The van der Waals surface area contributed by atoms with E-state index in [4.69, 9.17) is 0 Å². The maximum Gasteiger partial charge on any atom is 0.342 e. The molecule has 1 amide bonds. The van der Waals surface area contributed by atoms with Gasteiger partial charge in [0.15, 0.2) is 5.69 Å². The van der Waals surface area contributed by atoms with Crippen molar-refractivity contribution < 1.29 is 9.18 Å². The molecule has 0 spiro atoms. The number of carbonyl (C=O) groups is 1. The van der Waals surface area contributed by atoms with Crippen LogP contribution in [0.25, 0.3) is 17.1 Å². The number of hydrogen-bond donors (Lipinski definition) is 1. The normalized spacial score (nSPS) is 10.9. The van der Waals surface area contributed by atoms with Crippen LogP contribution in [0.5, 0.6) is 0 Å². The van der Waals surface area contributed by atoms with Gasteiger partial charge in [-0.25, -0.2) is 13.9 Å². The Morgan fingerprint density at radius 1 is 1.08 bits per heavy atom. The lowest BCUT2D eigenvalue weighted by Gasteiger charge is -2.07. The molecule has 7 nitrogen and oxygen atoms in total. The first-order valence-corrected chi connectivity index (χ1v) is 7.67. The number of rotatable bonds is 3. The summed E-state index contributed by atoms with van der Waals surface area (Å²) in [6.07, 6.45) is 2.95. The van der Waals surface area contributed by atoms with Crippen LogP contribution in [0, 0.1) is 5.82 Å². The number of carbonyl (C=O) groups excluding carboxylic acids is 1. The lowest BCUT2D eigenvalue weighted by molar-refractivity contribution is 0.237. The van der Waals surface area contributed by atoms with E-state index in [1.165, 1.54) is 35.3 Å². The Morgan fingerprint density at radius 2 is 1.80 bits per heavy atom. The molecule has 2 aromatic heterocycles. The summed E-state index contributed by atoms with van der Waals surface area (Å²) in [5.41, 5.74) is 0.649. The molecular formula is C17H16FN5O2. The van der Waals surface area contributed by atoms with Gasteiger partial charge < -0.3 is 5.32 Å². The van der Waals surface area contributed by atoms with Crippen LogP contribution in [0.3, 0.4) is 0 Å². The van der Waals surface area contributed by atoms with Gasteiger partial charge in [-0.2, -0.15) is 14.9 Å². The van der Waals surface area contributed by atoms with Gasteiger partial charge in [0.2, 0.25) is 5.43 Å². The molecule has 3 rings (SSSR count). The third kappa shape index (κ3) is 3.63. The molecule has 8 heteroatoms. The van der Waals surface area contributed by atoms with Crippen molar-refractivity contribution in [2.75, 3.05) is 0 Å². The van der Waals surface area contributed by atoms with Crippen molar-refractivity contribution in [2.45, 2.75) is 19.9 Å². The van der Waals surface area contributed by atoms with Gasteiger partial charge in [-0.1, -0.05) is 0 Å². The summed E-state index contributed by atoms with van der Waals surface area (Å²) in [6.45, 7) is 3.67. The summed E-state index contributed by atoms with van der Waals surface area (Å²) in [6, 6.07) is 8.16. The second kappa shape index (κ2) is 6.68. The molecule has 3 aromatic rings. The number of hydrogen-bond acceptors (Lipinski definition) is 4. The van der Waals surface area contributed by atoms with Gasteiger partial charge in [-0.05, 0) is 44.2 Å². The van der Waals surface area contributed by atoms with Crippen molar-refractivity contribution >= 4 is 6.03 Å². The Hall–Kier alpha value is -3.29. The molecule has 0 radical (unpaired) electrons. The fourth-order valence-electron chi connectivity index (χ4n) is 2.20. The number of benzene rings is 1. The van der Waals surface area contributed by atoms with Gasteiger partial charge in [0, 0.05) is 24.5 Å². The van der Waals surface area contributed by atoms with Crippen LogP contribution in [0.1, 0.15) is 13.8 Å². The topological polar surface area (TPSA) is 81.8 Å². The highest BCUT2D eigenvalue weighted by Gasteiger charge is 2.13. The molecule has 0 unspecified atom stereocenters. The number of nitrogens with one attached hydrogen (secondary N) is 1. The second-order valence-corrected chi connectivity index (χ2v) is 5.70. The van der Waals surface area contributed by atoms with E-state index in [0.29, 0.717) is 5.69 Å². The molecule has 0 atom stereocenters. The van der Waals surface area contributed by atoms with Gasteiger partial charge in [-0.15, -0.1) is 0 Å². The zero-order chi connectivity index (χ0) is 18.0. The number of amides is 1. The summed E-state index contributed by atoms with van der Waals surface area (Å²) in [4.78, 5) is 24.1. The van der Waals surface area contributed by atoms with E-state index in [-0.39, 0.29) is 28.7 Å². The smallest absolute Gasteiger partial charge is 0.334 e. The molecule has 2 heterocycles. The van der Waals surface area contributed by atoms with Crippen molar-refractivity contribution in [1.82, 2.24) is 24.9 Å². The van der Waals surface area contributed by atoms with E-state index in [1.54, 1.807) is 18.2 Å². The van der Waals surface area contributed by atoms with Crippen LogP contribution in [0.4, 0.5) is 9.18 Å². The zero-order valence-electron chi connectivity index (χ0n) is 13.7. The fraction of sp³-hybridized carbons (Fsp3) is 0.176. The van der Waals surface area contributed by atoms with Gasteiger partial charge in [0.25, 0.3) is 0 Å². The van der Waals surface area contributed by atoms with E-state index >= 15 is 0 Å². The first-order valence-electron chi connectivity index (χ1n) is 7.67. The molecule has 0 aliphatic heterocycles. The predicted octanol–water partition coefficient (Wildman–Crippen LogP) is 2.20. The summed E-state index contributed by atoms with van der Waals surface area (Å²) in [5.74, 6) is -0.361. The Morgan fingerprint density at radius 3 is 2.48 bits per heavy atom. The van der Waals surface area contributed by atoms with Crippen LogP contribution in [-0.2, 0) is 0 Å². The van der Waals surface area contributed by atoms with Crippen molar-refractivity contribution in [3.63, 3.8) is 0 Å². The zero-order valence-corrected chi connectivity index (χ0v) is 13.7. The number of nitrogens with zero attached hydrogens (tertiary/aromatic N) is 4. The van der Waals surface area contributed by atoms with Crippen molar-refractivity contribution in [2.24, 2.45) is 0 Å². The quantitative estimate of drug-likeness (QED) is 0.792. The molecule has 25 heavy (non-hydrogen) atoms. The summed E-state index contributed by atoms with van der Waals surface area (Å²) >= 11 is 0. The molecule has 0 fully saturated rings. The van der Waals surface area contributed by atoms with E-state index in [9.17, 15) is 14.0 Å². The van der Waals surface area contributed by atoms with E-state index < -0.39 is 6.03 Å². The van der Waals surface area contributed by atoms with Crippen molar-refractivity contribution in [3.8, 4) is 17.1 Å². The summed E-state index contributed by atoms with van der Waals surface area (Å²) in [7, 11) is 0. The maximum absolute atomic E-state index is 13.0. The summed E-state index contributed by atoms with van der Waals surface area (Å²) < 4.78 is 15.6. The average Bonchev–Trinajstić information content (AvgIpc) is 3.05. The Bertz CT molecular complexity index is 960. The lowest BCUT2D eigenvalue weighted by Crippen LogP contribution is -2.34. The SMILES string of the molecule is CC(C)NC(=O)n1ccc(-c2nn(-c3ccc(F)cc3)ccc2=O)n1. The second-order valence-electron chi connectivity index (χ2n) is 5.70. The van der Waals surface area contributed by atoms with Crippen LogP contribution < -0.4 is 10.7 Å². The van der Waals surface area contributed by atoms with Crippen LogP contribution >= 0.6 is 0 Å². The largest absolute Gasteiger partial charge is 0.342 e. The molecule has 1 aromatic carbocycles. The minimum atomic E-state index is -0.393. The van der Waals surface area contributed by atoms with E-state index in [0.717, 1.165) is 4.68 Å². The summed E-state index contributed by atoms with van der Waals surface area (Å²) in [5, 5.41) is 11.1.